The van der Waals surface area contributed by atoms with Gasteiger partial charge in [-0.1, -0.05) is 12.1 Å². The van der Waals surface area contributed by atoms with Gasteiger partial charge >= 0.3 is 18.0 Å². The Balaban J connectivity index is 2.36. The second kappa shape index (κ2) is 7.93. The first-order chi connectivity index (χ1) is 13.1. The Kier molecular flexibility index (Phi) is 6.32. The summed E-state index contributed by atoms with van der Waals surface area (Å²) in [7, 11) is -0.847. The molecule has 1 aromatic heterocycles. The molecule has 162 valence electrons. The van der Waals surface area contributed by atoms with Crippen molar-refractivity contribution in [2.45, 2.75) is 39.2 Å². The van der Waals surface area contributed by atoms with E-state index in [0.29, 0.717) is 11.1 Å². The molecule has 0 radical (unpaired) electrons. The molecule has 1 aromatic carbocycles. The summed E-state index contributed by atoms with van der Waals surface area (Å²) in [6, 6.07) is 3.63. The van der Waals surface area contributed by atoms with E-state index in [-0.39, 0.29) is 12.1 Å². The lowest BCUT2D eigenvalue weighted by Crippen LogP contribution is -2.35. The maximum Gasteiger partial charge on any atom is 0.435 e. The largest absolute Gasteiger partial charge is 0.455 e. The number of halogens is 2. The molecular weight excluding hydrogens is 402 g/mol. The molecule has 2 rings (SSSR count). The van der Waals surface area contributed by atoms with E-state index >= 15 is 0 Å². The number of ether oxygens (including phenoxy) is 2. The number of nitrogens with zero attached hydrogens (tertiary/aromatic N) is 2. The van der Waals surface area contributed by atoms with Gasteiger partial charge in [-0.2, -0.15) is 18.6 Å². The highest BCUT2D eigenvalue weighted by molar-refractivity contribution is 8.32. The molecular formula is C20H28F2N2O4S. The number of carbonyl (C=O) groups is 2. The first-order valence-corrected chi connectivity index (χ1v) is 12.1. The van der Waals surface area contributed by atoms with Crippen LogP contribution in [0, 0.1) is 6.92 Å². The van der Waals surface area contributed by atoms with Gasteiger partial charge in [-0.05, 0) is 52.5 Å². The van der Waals surface area contributed by atoms with E-state index < -0.39 is 39.2 Å². The van der Waals surface area contributed by atoms with Crippen molar-refractivity contribution in [2.75, 3.05) is 31.1 Å². The number of hydrogen-bond donors (Lipinski definition) is 0. The quantitative estimate of drug-likeness (QED) is 0.655. The Morgan fingerprint density at radius 1 is 1.17 bits per heavy atom. The molecule has 0 saturated carbocycles. The number of aryl methyl sites for hydroxylation is 1. The van der Waals surface area contributed by atoms with Gasteiger partial charge < -0.3 is 9.47 Å². The van der Waals surface area contributed by atoms with Gasteiger partial charge in [0.05, 0.1) is 11.2 Å². The molecule has 0 atom stereocenters. The van der Waals surface area contributed by atoms with E-state index in [1.165, 1.54) is 26.8 Å². The second-order valence-corrected chi connectivity index (χ2v) is 13.3. The van der Waals surface area contributed by atoms with Crippen LogP contribution < -0.4 is 0 Å². The number of alkyl halides is 2. The Bertz CT molecular complexity index is 927. The Labute approximate surface area is 170 Å². The van der Waals surface area contributed by atoms with Gasteiger partial charge in [-0.25, -0.2) is 19.6 Å². The molecule has 0 aliphatic heterocycles. The zero-order valence-electron chi connectivity index (χ0n) is 17.8. The normalized spacial score (nSPS) is 13.4. The molecule has 0 aliphatic rings. The first-order valence-electron chi connectivity index (χ1n) is 9.06. The average Bonchev–Trinajstić information content (AvgIpc) is 2.88. The summed E-state index contributed by atoms with van der Waals surface area (Å²) in [6.07, 6.45) is 5.54. The van der Waals surface area contributed by atoms with Crippen molar-refractivity contribution in [1.82, 2.24) is 9.78 Å². The van der Waals surface area contributed by atoms with E-state index in [0.717, 1.165) is 22.6 Å². The highest BCUT2D eigenvalue weighted by atomic mass is 32.3. The van der Waals surface area contributed by atoms with Gasteiger partial charge in [-0.15, -0.1) is 0 Å². The van der Waals surface area contributed by atoms with E-state index in [4.69, 9.17) is 9.47 Å². The third kappa shape index (κ3) is 5.68. The van der Waals surface area contributed by atoms with Crippen molar-refractivity contribution < 1.29 is 27.8 Å². The highest BCUT2D eigenvalue weighted by Crippen LogP contribution is 2.35. The minimum absolute atomic E-state index is 0.149. The predicted molar refractivity (Wildman–Crippen MR) is 111 cm³/mol. The molecule has 0 amide bonds. The van der Waals surface area contributed by atoms with Crippen LogP contribution in [-0.2, 0) is 20.2 Å². The summed E-state index contributed by atoms with van der Waals surface area (Å²) >= 11 is 0. The van der Waals surface area contributed by atoms with Gasteiger partial charge in [0, 0.05) is 16.7 Å². The van der Waals surface area contributed by atoms with E-state index in [1.807, 2.05) is 0 Å². The fourth-order valence-electron chi connectivity index (χ4n) is 2.51. The maximum absolute atomic E-state index is 14.7. The Morgan fingerprint density at radius 3 is 2.34 bits per heavy atom. The smallest absolute Gasteiger partial charge is 0.435 e. The zero-order chi connectivity index (χ0) is 22.2. The van der Waals surface area contributed by atoms with Gasteiger partial charge in [0.1, 0.15) is 12.2 Å². The monoisotopic (exact) mass is 430 g/mol. The fraction of sp³-hybridized carbons (Fsp3) is 0.550. The molecule has 0 unspecified atom stereocenters. The minimum atomic E-state index is -3.87. The number of esters is 1. The van der Waals surface area contributed by atoms with Crippen molar-refractivity contribution >= 4 is 33.0 Å². The van der Waals surface area contributed by atoms with Crippen LogP contribution >= 0.6 is 10.0 Å². The molecule has 9 heteroatoms. The summed E-state index contributed by atoms with van der Waals surface area (Å²) in [4.78, 5) is 24.4. The summed E-state index contributed by atoms with van der Waals surface area (Å²) < 4.78 is 40.4. The number of aromatic nitrogens is 2. The third-order valence-electron chi connectivity index (χ3n) is 3.98. The minimum Gasteiger partial charge on any atom is -0.455 e. The van der Waals surface area contributed by atoms with Crippen LogP contribution in [0.4, 0.5) is 13.6 Å². The standard InChI is InChI=1S/C20H28F2N2O4S/c1-13-15-9-8-14(20(21,22)17(25)28-19(2,3)4)12-16(15)24(23-13)18(26)27-10-11-29(5,6)7/h8-9,12H,10-11H2,1-7H3. The summed E-state index contributed by atoms with van der Waals surface area (Å²) in [5.74, 6) is -4.80. The molecule has 1 heterocycles. The van der Waals surface area contributed by atoms with Crippen molar-refractivity contribution in [3.8, 4) is 0 Å². The first kappa shape index (κ1) is 23.1. The number of carbonyl (C=O) groups excluding carboxylic acids is 2. The fourth-order valence-corrected chi connectivity index (χ4v) is 3.09. The SMILES string of the molecule is Cc1nn(C(=O)OCCS(C)(C)C)c2cc(C(F)(F)C(=O)OC(C)(C)C)ccc12. The van der Waals surface area contributed by atoms with E-state index in [2.05, 4.69) is 23.9 Å². The molecule has 0 spiro atoms. The molecule has 2 aromatic rings. The highest BCUT2D eigenvalue weighted by Gasteiger charge is 2.45. The van der Waals surface area contributed by atoms with E-state index in [1.54, 1.807) is 6.92 Å². The van der Waals surface area contributed by atoms with Gasteiger partial charge in [0.25, 0.3) is 0 Å². The van der Waals surface area contributed by atoms with Gasteiger partial charge in [0.2, 0.25) is 0 Å². The molecule has 6 nitrogen and oxygen atoms in total. The third-order valence-corrected chi connectivity index (χ3v) is 5.37. The summed E-state index contributed by atoms with van der Waals surface area (Å²) in [5, 5.41) is 4.64. The van der Waals surface area contributed by atoms with Crippen LogP contribution in [0.2, 0.25) is 0 Å². The predicted octanol–water partition coefficient (Wildman–Crippen LogP) is 4.46. The number of benzene rings is 1. The van der Waals surface area contributed by atoms with Crippen molar-refractivity contribution in [3.63, 3.8) is 0 Å². The number of rotatable bonds is 5. The summed E-state index contributed by atoms with van der Waals surface area (Å²) in [6.45, 7) is 6.41. The van der Waals surface area contributed by atoms with Crippen LogP contribution in [0.25, 0.3) is 10.9 Å². The maximum atomic E-state index is 14.7. The lowest BCUT2D eigenvalue weighted by molar-refractivity contribution is -0.185. The molecule has 29 heavy (non-hydrogen) atoms. The van der Waals surface area contributed by atoms with Crippen LogP contribution in [0.5, 0.6) is 0 Å². The average molecular weight is 431 g/mol. The van der Waals surface area contributed by atoms with Crippen molar-refractivity contribution in [1.29, 1.82) is 0 Å². The van der Waals surface area contributed by atoms with Crippen LogP contribution in [0.1, 0.15) is 32.0 Å². The molecule has 0 N–H and O–H groups in total. The van der Waals surface area contributed by atoms with Gasteiger partial charge in [0.15, 0.2) is 0 Å². The molecule has 0 bridgehead atoms. The lowest BCUT2D eigenvalue weighted by Gasteiger charge is -2.24. The topological polar surface area (TPSA) is 70.4 Å². The lowest BCUT2D eigenvalue weighted by atomic mass is 10.1. The molecule has 0 fully saturated rings. The summed E-state index contributed by atoms with van der Waals surface area (Å²) in [5.41, 5.74) is -0.990. The molecule has 0 aliphatic carbocycles. The number of fused-ring (bicyclic) bond motifs is 1. The number of hydrogen-bond acceptors (Lipinski definition) is 5. The zero-order valence-corrected chi connectivity index (χ0v) is 18.7. The van der Waals surface area contributed by atoms with Crippen LogP contribution in [0.3, 0.4) is 0 Å². The van der Waals surface area contributed by atoms with E-state index in [9.17, 15) is 18.4 Å². The Morgan fingerprint density at radius 2 is 1.79 bits per heavy atom. The van der Waals surface area contributed by atoms with Crippen LogP contribution in [0.15, 0.2) is 18.2 Å². The van der Waals surface area contributed by atoms with Crippen molar-refractivity contribution in [2.24, 2.45) is 0 Å². The molecule has 0 saturated heterocycles. The Hall–Kier alpha value is -2.16. The second-order valence-electron chi connectivity index (χ2n) is 8.71. The van der Waals surface area contributed by atoms with Crippen LogP contribution in [-0.4, -0.2) is 58.6 Å². The van der Waals surface area contributed by atoms with Gasteiger partial charge in [-0.3, -0.25) is 0 Å². The van der Waals surface area contributed by atoms with Crippen molar-refractivity contribution in [3.05, 3.63) is 29.5 Å².